The van der Waals surface area contributed by atoms with Gasteiger partial charge in [0.25, 0.3) is 0 Å². The lowest BCUT2D eigenvalue weighted by Gasteiger charge is -2.13. The van der Waals surface area contributed by atoms with Crippen LogP contribution in [0.4, 0.5) is 13.2 Å². The van der Waals surface area contributed by atoms with Gasteiger partial charge in [-0.25, -0.2) is 0 Å². The van der Waals surface area contributed by atoms with Crippen molar-refractivity contribution in [1.82, 2.24) is 0 Å². The van der Waals surface area contributed by atoms with Crippen LogP contribution in [-0.4, -0.2) is 20.0 Å². The molecule has 122 valence electrons. The average Bonchev–Trinajstić information content (AvgIpc) is 2.80. The Kier molecular flexibility index (Phi) is 4.53. The van der Waals surface area contributed by atoms with Gasteiger partial charge in [-0.3, -0.25) is 0 Å². The van der Waals surface area contributed by atoms with Crippen molar-refractivity contribution in [2.75, 3.05) is 0 Å². The monoisotopic (exact) mass is 336 g/mol. The Bertz CT molecular complexity index is 665. The molecule has 0 aliphatic carbocycles. The van der Waals surface area contributed by atoms with Crippen LogP contribution in [0.15, 0.2) is 41.7 Å². The third-order valence-electron chi connectivity index (χ3n) is 3.41. The molecule has 1 aliphatic heterocycles. The zero-order valence-electron chi connectivity index (χ0n) is 11.9. The molecule has 0 unspecified atom stereocenters. The molecule has 1 saturated heterocycles. The van der Waals surface area contributed by atoms with Crippen LogP contribution >= 0.6 is 0 Å². The molecule has 0 radical (unpaired) electrons. The fourth-order valence-corrected chi connectivity index (χ4v) is 2.83. The second kappa shape index (κ2) is 5.92. The van der Waals surface area contributed by atoms with E-state index >= 15 is 0 Å². The summed E-state index contributed by atoms with van der Waals surface area (Å²) in [4.78, 5) is 0. The fourth-order valence-electron chi connectivity index (χ4n) is 2.30. The van der Waals surface area contributed by atoms with Crippen molar-refractivity contribution < 1.29 is 30.5 Å². The summed E-state index contributed by atoms with van der Waals surface area (Å²) >= 11 is 0. The predicted molar refractivity (Wildman–Crippen MR) is 73.1 cm³/mol. The smallest absolute Gasteiger partial charge is 0.381 e. The summed E-state index contributed by atoms with van der Waals surface area (Å²) in [7, 11) is -5.65. The van der Waals surface area contributed by atoms with Gasteiger partial charge < -0.3 is 8.92 Å². The molecule has 1 heterocycles. The number of alkyl halides is 3. The van der Waals surface area contributed by atoms with Gasteiger partial charge in [-0.2, -0.15) is 21.6 Å². The van der Waals surface area contributed by atoms with Crippen LogP contribution in [0.3, 0.4) is 0 Å². The molecular formula is C14H15F3O4S. The normalized spacial score (nSPS) is 25.1. The van der Waals surface area contributed by atoms with Crippen molar-refractivity contribution >= 4 is 10.1 Å². The average molecular weight is 336 g/mol. The lowest BCUT2D eigenvalue weighted by Crippen LogP contribution is -2.25. The van der Waals surface area contributed by atoms with Gasteiger partial charge in [-0.15, -0.1) is 0 Å². The van der Waals surface area contributed by atoms with Gasteiger partial charge in [0.05, 0.1) is 12.2 Å². The van der Waals surface area contributed by atoms with Gasteiger partial charge in [0.2, 0.25) is 0 Å². The van der Waals surface area contributed by atoms with Crippen LogP contribution in [0.25, 0.3) is 0 Å². The van der Waals surface area contributed by atoms with Gasteiger partial charge in [0.15, 0.2) is 0 Å². The topological polar surface area (TPSA) is 52.6 Å². The first-order valence-corrected chi connectivity index (χ1v) is 7.93. The van der Waals surface area contributed by atoms with Crippen molar-refractivity contribution in [3.63, 3.8) is 0 Å². The van der Waals surface area contributed by atoms with Crippen LogP contribution in [0, 0.1) is 0 Å². The van der Waals surface area contributed by atoms with E-state index in [4.69, 9.17) is 4.74 Å². The molecule has 0 spiro atoms. The highest BCUT2D eigenvalue weighted by Gasteiger charge is 2.49. The summed E-state index contributed by atoms with van der Waals surface area (Å²) in [6, 6.07) is 9.15. The first-order chi connectivity index (χ1) is 10.1. The number of ether oxygens (including phenoxy) is 1. The molecule has 1 aromatic carbocycles. The zero-order valence-corrected chi connectivity index (χ0v) is 12.7. The number of allylic oxidation sites excluding steroid dienone is 1. The van der Waals surface area contributed by atoms with Gasteiger partial charge in [0.1, 0.15) is 5.76 Å². The van der Waals surface area contributed by atoms with Crippen molar-refractivity contribution in [3.05, 3.63) is 47.2 Å². The molecule has 4 nitrogen and oxygen atoms in total. The summed E-state index contributed by atoms with van der Waals surface area (Å²) in [5.41, 5.74) is -4.17. The first-order valence-electron chi connectivity index (χ1n) is 6.52. The Morgan fingerprint density at radius 1 is 1.27 bits per heavy atom. The van der Waals surface area contributed by atoms with E-state index in [2.05, 4.69) is 4.18 Å². The molecule has 0 aromatic heterocycles. The zero-order chi connectivity index (χ0) is 16.5. The number of halogens is 3. The summed E-state index contributed by atoms with van der Waals surface area (Å²) in [6.07, 6.45) is -0.573. The van der Waals surface area contributed by atoms with Gasteiger partial charge in [-0.1, -0.05) is 30.3 Å². The number of hydrogen-bond donors (Lipinski definition) is 0. The van der Waals surface area contributed by atoms with E-state index in [1.54, 1.807) is 6.92 Å². The minimum absolute atomic E-state index is 0.282. The Labute approximate surface area is 126 Å². The van der Waals surface area contributed by atoms with E-state index in [1.165, 1.54) is 6.92 Å². The number of rotatable bonds is 3. The molecular weight excluding hydrogens is 321 g/mol. The standard InChI is InChI=1S/C14H15F3O4S/c1-9-12(10(2)21-22(18,19)14(15,16)17)8-13(20-9)11-6-4-3-5-7-11/h3-7,9,13H,8H2,1-2H3/t9-,13-/m1/s1. The minimum atomic E-state index is -5.65. The van der Waals surface area contributed by atoms with E-state index in [0.717, 1.165) is 5.56 Å². The third-order valence-corrected chi connectivity index (χ3v) is 4.44. The second-order valence-electron chi connectivity index (χ2n) is 4.95. The van der Waals surface area contributed by atoms with Crippen molar-refractivity contribution in [1.29, 1.82) is 0 Å². The first kappa shape index (κ1) is 16.8. The Morgan fingerprint density at radius 3 is 2.41 bits per heavy atom. The van der Waals surface area contributed by atoms with Crippen molar-refractivity contribution in [2.45, 2.75) is 38.0 Å². The Morgan fingerprint density at radius 2 is 1.86 bits per heavy atom. The molecule has 1 aromatic rings. The van der Waals surface area contributed by atoms with Crippen molar-refractivity contribution in [2.24, 2.45) is 0 Å². The van der Waals surface area contributed by atoms with Crippen LogP contribution in [-0.2, 0) is 19.0 Å². The Balaban J connectivity index is 2.22. The van der Waals surface area contributed by atoms with Crippen LogP contribution in [0.5, 0.6) is 0 Å². The molecule has 2 rings (SSSR count). The summed E-state index contributed by atoms with van der Waals surface area (Å²) in [5.74, 6) is -0.289. The largest absolute Gasteiger partial charge is 0.534 e. The predicted octanol–water partition coefficient (Wildman–Crippen LogP) is 3.68. The quantitative estimate of drug-likeness (QED) is 0.480. The van der Waals surface area contributed by atoms with Gasteiger partial charge in [0, 0.05) is 12.0 Å². The Hall–Kier alpha value is -1.54. The highest BCUT2D eigenvalue weighted by molar-refractivity contribution is 7.87. The minimum Gasteiger partial charge on any atom is -0.381 e. The highest BCUT2D eigenvalue weighted by Crippen LogP contribution is 2.39. The molecule has 0 saturated carbocycles. The third kappa shape index (κ3) is 3.44. The molecule has 8 heteroatoms. The highest BCUT2D eigenvalue weighted by atomic mass is 32.2. The van der Waals surface area contributed by atoms with Crippen LogP contribution in [0.1, 0.15) is 31.9 Å². The van der Waals surface area contributed by atoms with Gasteiger partial charge >= 0.3 is 15.6 Å². The molecule has 0 N–H and O–H groups in total. The van der Waals surface area contributed by atoms with E-state index in [0.29, 0.717) is 5.57 Å². The molecule has 1 fully saturated rings. The maximum Gasteiger partial charge on any atom is 0.534 e. The summed E-state index contributed by atoms with van der Waals surface area (Å²) in [5, 5.41) is 0. The van der Waals surface area contributed by atoms with Crippen LogP contribution in [0.2, 0.25) is 0 Å². The van der Waals surface area contributed by atoms with E-state index in [1.807, 2.05) is 30.3 Å². The summed E-state index contributed by atoms with van der Waals surface area (Å²) < 4.78 is 69.0. The molecule has 0 bridgehead atoms. The fraction of sp³-hybridized carbons (Fsp3) is 0.429. The lowest BCUT2D eigenvalue weighted by atomic mass is 10.0. The number of hydrogen-bond acceptors (Lipinski definition) is 4. The van der Waals surface area contributed by atoms with E-state index in [9.17, 15) is 21.6 Å². The van der Waals surface area contributed by atoms with Crippen LogP contribution < -0.4 is 0 Å². The lowest BCUT2D eigenvalue weighted by molar-refractivity contribution is -0.0522. The molecule has 22 heavy (non-hydrogen) atoms. The SMILES string of the molecule is CC(OS(=O)(=O)C(F)(F)F)=C1C[C@H](c2ccccc2)O[C@@H]1C. The molecule has 2 atom stereocenters. The number of benzene rings is 1. The van der Waals surface area contributed by atoms with Gasteiger partial charge in [-0.05, 0) is 19.4 Å². The molecule has 1 aliphatic rings. The second-order valence-corrected chi connectivity index (χ2v) is 6.48. The molecule has 0 amide bonds. The maximum atomic E-state index is 12.4. The van der Waals surface area contributed by atoms with E-state index in [-0.39, 0.29) is 18.3 Å². The van der Waals surface area contributed by atoms with E-state index < -0.39 is 21.7 Å². The van der Waals surface area contributed by atoms with Crippen molar-refractivity contribution in [3.8, 4) is 0 Å². The maximum absolute atomic E-state index is 12.4. The summed E-state index contributed by atoms with van der Waals surface area (Å²) in [6.45, 7) is 2.84.